The van der Waals surface area contributed by atoms with Crippen molar-refractivity contribution in [3.05, 3.63) is 29.3 Å². The first-order valence-electron chi connectivity index (χ1n) is 5.86. The number of methoxy groups -OCH3 is 1. The average molecular weight is 241 g/mol. The van der Waals surface area contributed by atoms with Gasteiger partial charge in [-0.15, -0.1) is 0 Å². The lowest BCUT2D eigenvalue weighted by Gasteiger charge is -2.28. The molecule has 1 saturated carbocycles. The predicted molar refractivity (Wildman–Crippen MR) is 62.1 cm³/mol. The van der Waals surface area contributed by atoms with Gasteiger partial charge >= 0.3 is 0 Å². The molecule has 1 aliphatic rings. The van der Waals surface area contributed by atoms with Crippen LogP contribution in [-0.2, 0) is 5.41 Å². The first kappa shape index (κ1) is 12.3. The SMILES string of the molecule is COc1c(F)cc(C2(CN)CCCC2)cc1F. The average Bonchev–Trinajstić information content (AvgIpc) is 2.78. The van der Waals surface area contributed by atoms with Gasteiger partial charge in [0.2, 0.25) is 0 Å². The van der Waals surface area contributed by atoms with Crippen molar-refractivity contribution in [2.75, 3.05) is 13.7 Å². The van der Waals surface area contributed by atoms with Gasteiger partial charge in [0.25, 0.3) is 0 Å². The van der Waals surface area contributed by atoms with Crippen molar-refractivity contribution in [2.45, 2.75) is 31.1 Å². The summed E-state index contributed by atoms with van der Waals surface area (Å²) in [4.78, 5) is 0. The summed E-state index contributed by atoms with van der Waals surface area (Å²) >= 11 is 0. The van der Waals surface area contributed by atoms with Gasteiger partial charge < -0.3 is 10.5 Å². The van der Waals surface area contributed by atoms with Crippen LogP contribution in [-0.4, -0.2) is 13.7 Å². The van der Waals surface area contributed by atoms with Crippen LogP contribution in [0.15, 0.2) is 12.1 Å². The Morgan fingerprint density at radius 2 is 1.76 bits per heavy atom. The summed E-state index contributed by atoms with van der Waals surface area (Å²) < 4.78 is 32.0. The molecule has 0 aliphatic heterocycles. The van der Waals surface area contributed by atoms with Crippen molar-refractivity contribution < 1.29 is 13.5 Å². The van der Waals surface area contributed by atoms with E-state index in [2.05, 4.69) is 4.74 Å². The molecule has 0 amide bonds. The molecule has 17 heavy (non-hydrogen) atoms. The van der Waals surface area contributed by atoms with Gasteiger partial charge in [-0.05, 0) is 30.5 Å². The maximum Gasteiger partial charge on any atom is 0.190 e. The summed E-state index contributed by atoms with van der Waals surface area (Å²) in [7, 11) is 1.26. The number of nitrogens with two attached hydrogens (primary N) is 1. The molecule has 0 unspecified atom stereocenters. The van der Waals surface area contributed by atoms with Gasteiger partial charge in [-0.1, -0.05) is 12.8 Å². The third-order valence-electron chi connectivity index (χ3n) is 3.77. The van der Waals surface area contributed by atoms with Crippen molar-refractivity contribution in [1.82, 2.24) is 0 Å². The smallest absolute Gasteiger partial charge is 0.190 e. The fraction of sp³-hybridized carbons (Fsp3) is 0.538. The van der Waals surface area contributed by atoms with Crippen LogP contribution in [0.3, 0.4) is 0 Å². The number of halogens is 2. The predicted octanol–water partition coefficient (Wildman–Crippen LogP) is 2.74. The fourth-order valence-electron chi connectivity index (χ4n) is 2.72. The van der Waals surface area contributed by atoms with Gasteiger partial charge in [-0.2, -0.15) is 0 Å². The quantitative estimate of drug-likeness (QED) is 0.883. The van der Waals surface area contributed by atoms with E-state index in [-0.39, 0.29) is 11.2 Å². The van der Waals surface area contributed by atoms with Crippen LogP contribution in [0.25, 0.3) is 0 Å². The van der Waals surface area contributed by atoms with Gasteiger partial charge in [-0.25, -0.2) is 8.78 Å². The zero-order valence-electron chi connectivity index (χ0n) is 9.93. The normalized spacial score (nSPS) is 18.4. The number of benzene rings is 1. The lowest BCUT2D eigenvalue weighted by atomic mass is 9.79. The first-order valence-corrected chi connectivity index (χ1v) is 5.86. The van der Waals surface area contributed by atoms with E-state index in [9.17, 15) is 8.78 Å². The zero-order valence-corrected chi connectivity index (χ0v) is 9.93. The Bertz CT molecular complexity index is 391. The van der Waals surface area contributed by atoms with E-state index in [0.29, 0.717) is 12.1 Å². The standard InChI is InChI=1S/C13H17F2NO/c1-17-12-10(14)6-9(7-11(12)15)13(8-16)4-2-3-5-13/h6-7H,2-5,8,16H2,1H3. The molecule has 0 atom stereocenters. The fourth-order valence-corrected chi connectivity index (χ4v) is 2.72. The number of ether oxygens (including phenoxy) is 1. The molecule has 1 aromatic carbocycles. The van der Waals surface area contributed by atoms with Crippen molar-refractivity contribution in [3.63, 3.8) is 0 Å². The molecule has 0 heterocycles. The second kappa shape index (κ2) is 4.61. The monoisotopic (exact) mass is 241 g/mol. The summed E-state index contributed by atoms with van der Waals surface area (Å²) in [6, 6.07) is 2.72. The van der Waals surface area contributed by atoms with E-state index >= 15 is 0 Å². The Kier molecular flexibility index (Phi) is 3.33. The Morgan fingerprint density at radius 1 is 1.24 bits per heavy atom. The Labute approximate surface area is 99.8 Å². The van der Waals surface area contributed by atoms with Gasteiger partial charge in [0.1, 0.15) is 0 Å². The molecule has 0 spiro atoms. The van der Waals surface area contributed by atoms with Gasteiger partial charge in [0.15, 0.2) is 17.4 Å². The lowest BCUT2D eigenvalue weighted by molar-refractivity contribution is 0.355. The van der Waals surface area contributed by atoms with Crippen molar-refractivity contribution in [3.8, 4) is 5.75 Å². The Hall–Kier alpha value is -1.16. The third-order valence-corrected chi connectivity index (χ3v) is 3.77. The molecule has 1 fully saturated rings. The summed E-state index contributed by atoms with van der Waals surface area (Å²) in [5.41, 5.74) is 6.20. The van der Waals surface area contributed by atoms with Crippen LogP contribution < -0.4 is 10.5 Å². The van der Waals surface area contributed by atoms with E-state index in [1.54, 1.807) is 0 Å². The highest BCUT2D eigenvalue weighted by atomic mass is 19.1. The molecule has 2 nitrogen and oxygen atoms in total. The molecule has 4 heteroatoms. The van der Waals surface area contributed by atoms with Crippen LogP contribution >= 0.6 is 0 Å². The highest BCUT2D eigenvalue weighted by Gasteiger charge is 2.35. The molecule has 94 valence electrons. The van der Waals surface area contributed by atoms with E-state index in [1.165, 1.54) is 19.2 Å². The van der Waals surface area contributed by atoms with Crippen LogP contribution in [0.1, 0.15) is 31.2 Å². The molecular formula is C13H17F2NO. The van der Waals surface area contributed by atoms with Crippen molar-refractivity contribution in [1.29, 1.82) is 0 Å². The van der Waals surface area contributed by atoms with Crippen LogP contribution in [0, 0.1) is 11.6 Å². The highest BCUT2D eigenvalue weighted by Crippen LogP contribution is 2.41. The summed E-state index contributed by atoms with van der Waals surface area (Å²) in [6.07, 6.45) is 3.92. The Morgan fingerprint density at radius 3 is 2.18 bits per heavy atom. The summed E-state index contributed by atoms with van der Waals surface area (Å²) in [5.74, 6) is -1.62. The van der Waals surface area contributed by atoms with E-state index in [0.717, 1.165) is 25.7 Å². The zero-order chi connectivity index (χ0) is 12.5. The molecule has 0 radical (unpaired) electrons. The second-order valence-electron chi connectivity index (χ2n) is 4.66. The molecular weight excluding hydrogens is 224 g/mol. The molecule has 1 aromatic rings. The second-order valence-corrected chi connectivity index (χ2v) is 4.66. The van der Waals surface area contributed by atoms with Crippen LogP contribution in [0.2, 0.25) is 0 Å². The van der Waals surface area contributed by atoms with E-state index < -0.39 is 11.6 Å². The number of rotatable bonds is 3. The first-order chi connectivity index (χ1) is 8.13. The molecule has 0 saturated heterocycles. The number of hydrogen-bond donors (Lipinski definition) is 1. The van der Waals surface area contributed by atoms with Crippen molar-refractivity contribution >= 4 is 0 Å². The molecule has 0 bridgehead atoms. The number of hydrogen-bond acceptors (Lipinski definition) is 2. The van der Waals surface area contributed by atoms with Gasteiger partial charge in [-0.3, -0.25) is 0 Å². The lowest BCUT2D eigenvalue weighted by Crippen LogP contribution is -2.32. The van der Waals surface area contributed by atoms with Gasteiger partial charge in [0.05, 0.1) is 7.11 Å². The maximum absolute atomic E-state index is 13.7. The minimum absolute atomic E-state index is 0.256. The molecule has 2 N–H and O–H groups in total. The summed E-state index contributed by atoms with van der Waals surface area (Å²) in [5, 5.41) is 0. The van der Waals surface area contributed by atoms with Crippen LogP contribution in [0.4, 0.5) is 8.78 Å². The van der Waals surface area contributed by atoms with E-state index in [4.69, 9.17) is 5.73 Å². The van der Waals surface area contributed by atoms with E-state index in [1.807, 2.05) is 0 Å². The maximum atomic E-state index is 13.7. The Balaban J connectivity index is 2.45. The topological polar surface area (TPSA) is 35.2 Å². The summed E-state index contributed by atoms with van der Waals surface area (Å²) in [6.45, 7) is 0.429. The minimum Gasteiger partial charge on any atom is -0.491 e. The third kappa shape index (κ3) is 2.02. The van der Waals surface area contributed by atoms with Crippen molar-refractivity contribution in [2.24, 2.45) is 5.73 Å². The highest BCUT2D eigenvalue weighted by molar-refractivity contribution is 5.36. The molecule has 0 aromatic heterocycles. The van der Waals surface area contributed by atoms with Gasteiger partial charge in [0, 0.05) is 12.0 Å². The molecule has 2 rings (SSSR count). The minimum atomic E-state index is -0.651. The largest absolute Gasteiger partial charge is 0.491 e. The molecule has 1 aliphatic carbocycles. The van der Waals surface area contributed by atoms with Crippen LogP contribution in [0.5, 0.6) is 5.75 Å².